The Bertz CT molecular complexity index is 753. The Hall–Kier alpha value is -2.62. The zero-order valence-corrected chi connectivity index (χ0v) is 13.6. The smallest absolute Gasteiger partial charge is 0.318 e. The molecular weight excluding hydrogens is 304 g/mol. The van der Waals surface area contributed by atoms with Gasteiger partial charge in [0.25, 0.3) is 0 Å². The normalized spacial score (nSPS) is 22.5. The van der Waals surface area contributed by atoms with E-state index >= 15 is 0 Å². The standard InChI is InChI=1S/C20H20O4/c1-2-24-18(21)16-12-13-20(19(22)23,14-8-4-3-5-9-14)17-11-7-6-10-15(16)17/h3-11,16H,2,12-13H2,1H3,(H,22,23)/t16-,20+/m1/s1. The van der Waals surface area contributed by atoms with Crippen LogP contribution in [0.15, 0.2) is 54.6 Å². The molecule has 24 heavy (non-hydrogen) atoms. The molecule has 2 aromatic carbocycles. The maximum Gasteiger partial charge on any atom is 0.318 e. The summed E-state index contributed by atoms with van der Waals surface area (Å²) in [5.41, 5.74) is 1.06. The summed E-state index contributed by atoms with van der Waals surface area (Å²) < 4.78 is 5.19. The van der Waals surface area contributed by atoms with Crippen LogP contribution in [0.2, 0.25) is 0 Å². The van der Waals surface area contributed by atoms with Crippen molar-refractivity contribution in [3.63, 3.8) is 0 Å². The predicted octanol–water partition coefficient (Wildman–Crippen LogP) is 3.50. The number of aliphatic carboxylic acids is 1. The number of carbonyl (C=O) groups excluding carboxylic acids is 1. The van der Waals surface area contributed by atoms with E-state index in [1.165, 1.54) is 0 Å². The Morgan fingerprint density at radius 3 is 2.46 bits per heavy atom. The van der Waals surface area contributed by atoms with E-state index < -0.39 is 17.3 Å². The molecule has 0 unspecified atom stereocenters. The van der Waals surface area contributed by atoms with Crippen molar-refractivity contribution in [1.29, 1.82) is 0 Å². The van der Waals surface area contributed by atoms with Crippen molar-refractivity contribution in [2.45, 2.75) is 31.1 Å². The van der Waals surface area contributed by atoms with E-state index in [1.54, 1.807) is 6.92 Å². The van der Waals surface area contributed by atoms with Crippen LogP contribution >= 0.6 is 0 Å². The molecule has 0 aromatic heterocycles. The first-order chi connectivity index (χ1) is 11.6. The van der Waals surface area contributed by atoms with Crippen LogP contribution in [-0.4, -0.2) is 23.7 Å². The molecule has 0 aliphatic heterocycles. The van der Waals surface area contributed by atoms with Gasteiger partial charge in [0.1, 0.15) is 5.41 Å². The van der Waals surface area contributed by atoms with Crippen molar-refractivity contribution < 1.29 is 19.4 Å². The number of carboxylic acid groups (broad SMARTS) is 1. The van der Waals surface area contributed by atoms with Gasteiger partial charge in [0, 0.05) is 0 Å². The van der Waals surface area contributed by atoms with E-state index in [-0.39, 0.29) is 5.97 Å². The first kappa shape index (κ1) is 16.2. The van der Waals surface area contributed by atoms with Gasteiger partial charge in [0.15, 0.2) is 0 Å². The molecule has 3 rings (SSSR count). The highest BCUT2D eigenvalue weighted by atomic mass is 16.5. The van der Waals surface area contributed by atoms with Crippen LogP contribution in [0.25, 0.3) is 0 Å². The second-order valence-electron chi connectivity index (χ2n) is 6.01. The molecule has 0 spiro atoms. The fraction of sp³-hybridized carbons (Fsp3) is 0.300. The van der Waals surface area contributed by atoms with Crippen molar-refractivity contribution in [3.8, 4) is 0 Å². The lowest BCUT2D eigenvalue weighted by atomic mass is 9.63. The summed E-state index contributed by atoms with van der Waals surface area (Å²) in [5.74, 6) is -1.57. The monoisotopic (exact) mass is 324 g/mol. The molecule has 1 aliphatic carbocycles. The minimum atomic E-state index is -1.12. The number of rotatable bonds is 4. The van der Waals surface area contributed by atoms with Crippen molar-refractivity contribution >= 4 is 11.9 Å². The molecule has 1 N–H and O–H groups in total. The Kier molecular flexibility index (Phi) is 4.38. The summed E-state index contributed by atoms with van der Waals surface area (Å²) in [6.07, 6.45) is 0.823. The van der Waals surface area contributed by atoms with Crippen LogP contribution in [0.1, 0.15) is 42.4 Å². The second-order valence-corrected chi connectivity index (χ2v) is 6.01. The van der Waals surface area contributed by atoms with E-state index in [0.717, 1.165) is 11.1 Å². The van der Waals surface area contributed by atoms with Gasteiger partial charge in [-0.15, -0.1) is 0 Å². The first-order valence-corrected chi connectivity index (χ1v) is 8.16. The predicted molar refractivity (Wildman–Crippen MR) is 89.9 cm³/mol. The summed E-state index contributed by atoms with van der Waals surface area (Å²) in [4.78, 5) is 24.6. The topological polar surface area (TPSA) is 63.6 Å². The molecule has 124 valence electrons. The fourth-order valence-electron chi connectivity index (χ4n) is 3.70. The van der Waals surface area contributed by atoms with Gasteiger partial charge in [-0.2, -0.15) is 0 Å². The van der Waals surface area contributed by atoms with Crippen LogP contribution < -0.4 is 0 Å². The Balaban J connectivity index is 2.18. The first-order valence-electron chi connectivity index (χ1n) is 8.16. The van der Waals surface area contributed by atoms with Crippen LogP contribution in [0, 0.1) is 0 Å². The lowest BCUT2D eigenvalue weighted by Crippen LogP contribution is -2.42. The Morgan fingerprint density at radius 2 is 1.79 bits per heavy atom. The minimum absolute atomic E-state index is 0.281. The minimum Gasteiger partial charge on any atom is -0.480 e. The molecule has 0 radical (unpaired) electrons. The molecule has 2 aromatic rings. The molecule has 0 saturated heterocycles. The third-order valence-electron chi connectivity index (χ3n) is 4.81. The maximum absolute atomic E-state index is 12.3. The number of benzene rings is 2. The number of esters is 1. The van der Waals surface area contributed by atoms with E-state index in [4.69, 9.17) is 4.74 Å². The molecule has 4 nitrogen and oxygen atoms in total. The molecular formula is C20H20O4. The Morgan fingerprint density at radius 1 is 1.12 bits per heavy atom. The third kappa shape index (κ3) is 2.48. The van der Waals surface area contributed by atoms with Gasteiger partial charge < -0.3 is 9.84 Å². The van der Waals surface area contributed by atoms with Gasteiger partial charge in [-0.05, 0) is 36.5 Å². The van der Waals surface area contributed by atoms with Gasteiger partial charge >= 0.3 is 11.9 Å². The van der Waals surface area contributed by atoms with Crippen LogP contribution in [-0.2, 0) is 19.7 Å². The molecule has 1 aliphatic rings. The number of carboxylic acids is 1. The number of carbonyl (C=O) groups is 2. The van der Waals surface area contributed by atoms with Gasteiger partial charge in [-0.1, -0.05) is 54.6 Å². The summed E-state index contributed by atoms with van der Waals surface area (Å²) >= 11 is 0. The maximum atomic E-state index is 12.3. The third-order valence-corrected chi connectivity index (χ3v) is 4.81. The zero-order valence-electron chi connectivity index (χ0n) is 13.6. The quantitative estimate of drug-likeness (QED) is 0.874. The largest absolute Gasteiger partial charge is 0.480 e. The lowest BCUT2D eigenvalue weighted by Gasteiger charge is -2.38. The van der Waals surface area contributed by atoms with E-state index in [1.807, 2.05) is 54.6 Å². The summed E-state index contributed by atoms with van der Waals surface area (Å²) in [6.45, 7) is 2.10. The summed E-state index contributed by atoms with van der Waals surface area (Å²) in [6, 6.07) is 16.6. The van der Waals surface area contributed by atoms with Crippen LogP contribution in [0.5, 0.6) is 0 Å². The van der Waals surface area contributed by atoms with Gasteiger partial charge in [-0.25, -0.2) is 0 Å². The number of hydrogen-bond acceptors (Lipinski definition) is 3. The van der Waals surface area contributed by atoms with Crippen molar-refractivity contribution in [3.05, 3.63) is 71.3 Å². The molecule has 0 heterocycles. The van der Waals surface area contributed by atoms with Gasteiger partial charge in [0.2, 0.25) is 0 Å². The van der Waals surface area contributed by atoms with Gasteiger partial charge in [0.05, 0.1) is 12.5 Å². The number of fused-ring (bicyclic) bond motifs is 1. The highest BCUT2D eigenvalue weighted by molar-refractivity contribution is 5.89. The molecule has 0 saturated carbocycles. The average Bonchev–Trinajstić information content (AvgIpc) is 2.61. The van der Waals surface area contributed by atoms with Crippen molar-refractivity contribution in [2.24, 2.45) is 0 Å². The van der Waals surface area contributed by atoms with Crippen molar-refractivity contribution in [1.82, 2.24) is 0 Å². The fourth-order valence-corrected chi connectivity index (χ4v) is 3.70. The van der Waals surface area contributed by atoms with E-state index in [0.29, 0.717) is 25.0 Å². The van der Waals surface area contributed by atoms with Crippen LogP contribution in [0.4, 0.5) is 0 Å². The average molecular weight is 324 g/mol. The Labute approximate surface area is 141 Å². The van der Waals surface area contributed by atoms with Crippen molar-refractivity contribution in [2.75, 3.05) is 6.61 Å². The molecule has 0 amide bonds. The van der Waals surface area contributed by atoms with E-state index in [9.17, 15) is 14.7 Å². The molecule has 0 bridgehead atoms. The molecule has 0 fully saturated rings. The molecule has 2 atom stereocenters. The molecule has 4 heteroatoms. The summed E-state index contributed by atoms with van der Waals surface area (Å²) in [7, 11) is 0. The number of hydrogen-bond donors (Lipinski definition) is 1. The number of ether oxygens (including phenoxy) is 1. The van der Waals surface area contributed by atoms with E-state index in [2.05, 4.69) is 0 Å². The lowest BCUT2D eigenvalue weighted by molar-refractivity contribution is -0.148. The zero-order chi connectivity index (χ0) is 17.2. The summed E-state index contributed by atoms with van der Waals surface area (Å²) in [5, 5.41) is 10.1. The second kappa shape index (κ2) is 6.48. The van der Waals surface area contributed by atoms with Crippen LogP contribution in [0.3, 0.4) is 0 Å². The SMILES string of the molecule is CCOC(=O)[C@@H]1CC[C@](C(=O)O)(c2ccccc2)c2ccccc21. The highest BCUT2D eigenvalue weighted by Crippen LogP contribution is 2.47. The highest BCUT2D eigenvalue weighted by Gasteiger charge is 2.48. The van der Waals surface area contributed by atoms with Gasteiger partial charge in [-0.3, -0.25) is 9.59 Å².